The maximum Gasteiger partial charge on any atom is 0.251 e. The topological polar surface area (TPSA) is 71.1 Å². The predicted octanol–water partition coefficient (Wildman–Crippen LogP) is 1.96. The third-order valence-corrected chi connectivity index (χ3v) is 2.39. The number of nitrogens with zero attached hydrogens (tertiary/aromatic N) is 1. The van der Waals surface area contributed by atoms with Crippen LogP contribution in [0, 0.1) is 0 Å². The summed E-state index contributed by atoms with van der Waals surface area (Å²) in [5.74, 6) is 0.0480. The number of unbranched alkanes of at least 4 members (excludes halogenated alkanes) is 2. The Morgan fingerprint density at radius 1 is 1.33 bits per heavy atom. The van der Waals surface area contributed by atoms with Crippen LogP contribution in [0.15, 0.2) is 18.3 Å². The number of carbonyl (C=O) groups excluding carboxylic acids is 2. The minimum absolute atomic E-state index is 0.139. The Morgan fingerprint density at radius 3 is 2.78 bits per heavy atom. The Kier molecular flexibility index (Phi) is 5.84. The van der Waals surface area contributed by atoms with Crippen molar-refractivity contribution in [3.8, 4) is 0 Å². The van der Waals surface area contributed by atoms with Crippen LogP contribution < -0.4 is 10.6 Å². The molecule has 1 heterocycles. The van der Waals surface area contributed by atoms with Crippen LogP contribution in [0.3, 0.4) is 0 Å². The summed E-state index contributed by atoms with van der Waals surface area (Å²) < 4.78 is 0. The molecule has 0 atom stereocenters. The first-order valence-electron chi connectivity index (χ1n) is 6.15. The molecule has 1 rings (SSSR count). The van der Waals surface area contributed by atoms with E-state index in [0.717, 1.165) is 19.3 Å². The maximum atomic E-state index is 11.8. The highest BCUT2D eigenvalue weighted by molar-refractivity contribution is 5.96. The first-order valence-corrected chi connectivity index (χ1v) is 6.15. The summed E-state index contributed by atoms with van der Waals surface area (Å²) in [6.45, 7) is 4.19. The summed E-state index contributed by atoms with van der Waals surface area (Å²) in [6.07, 6.45) is 4.71. The fourth-order valence-electron chi connectivity index (χ4n) is 1.50. The summed E-state index contributed by atoms with van der Waals surface area (Å²) >= 11 is 0. The number of pyridine rings is 1. The van der Waals surface area contributed by atoms with Crippen LogP contribution in [0.2, 0.25) is 0 Å². The van der Waals surface area contributed by atoms with Gasteiger partial charge in [0.2, 0.25) is 5.91 Å². The van der Waals surface area contributed by atoms with Crippen molar-refractivity contribution in [3.05, 3.63) is 23.9 Å². The highest BCUT2D eigenvalue weighted by Gasteiger charge is 2.06. The van der Waals surface area contributed by atoms with Crippen molar-refractivity contribution in [2.75, 3.05) is 11.9 Å². The Bertz CT molecular complexity index is 418. The second-order valence-corrected chi connectivity index (χ2v) is 4.07. The molecule has 0 aliphatic heterocycles. The first kappa shape index (κ1) is 14.2. The summed E-state index contributed by atoms with van der Waals surface area (Å²) in [5.41, 5.74) is 0.505. The van der Waals surface area contributed by atoms with Gasteiger partial charge in [-0.2, -0.15) is 0 Å². The van der Waals surface area contributed by atoms with E-state index in [4.69, 9.17) is 0 Å². The largest absolute Gasteiger partial charge is 0.352 e. The summed E-state index contributed by atoms with van der Waals surface area (Å²) in [4.78, 5) is 26.6. The molecule has 0 aliphatic carbocycles. The van der Waals surface area contributed by atoms with Gasteiger partial charge in [-0.1, -0.05) is 19.8 Å². The van der Waals surface area contributed by atoms with Gasteiger partial charge in [-0.05, 0) is 18.6 Å². The van der Waals surface area contributed by atoms with Crippen molar-refractivity contribution < 1.29 is 9.59 Å². The van der Waals surface area contributed by atoms with E-state index < -0.39 is 0 Å². The molecule has 2 amide bonds. The summed E-state index contributed by atoms with van der Waals surface area (Å²) in [7, 11) is 0. The molecule has 18 heavy (non-hydrogen) atoms. The molecule has 0 bridgehead atoms. The Hall–Kier alpha value is -1.91. The van der Waals surface area contributed by atoms with Crippen LogP contribution in [0.25, 0.3) is 0 Å². The summed E-state index contributed by atoms with van der Waals surface area (Å²) in [5, 5.41) is 5.38. The van der Waals surface area contributed by atoms with Crippen molar-refractivity contribution in [1.29, 1.82) is 0 Å². The second-order valence-electron chi connectivity index (χ2n) is 4.07. The van der Waals surface area contributed by atoms with E-state index >= 15 is 0 Å². The molecule has 0 radical (unpaired) electrons. The Balaban J connectivity index is 2.54. The lowest BCUT2D eigenvalue weighted by atomic mass is 10.2. The van der Waals surface area contributed by atoms with Gasteiger partial charge in [0.25, 0.3) is 5.91 Å². The average molecular weight is 249 g/mol. The molecular formula is C13H19N3O2. The highest BCUT2D eigenvalue weighted by Crippen LogP contribution is 2.06. The zero-order valence-corrected chi connectivity index (χ0v) is 10.8. The minimum Gasteiger partial charge on any atom is -0.352 e. The van der Waals surface area contributed by atoms with Gasteiger partial charge in [0.05, 0.1) is 0 Å². The van der Waals surface area contributed by atoms with Gasteiger partial charge >= 0.3 is 0 Å². The molecule has 2 N–H and O–H groups in total. The maximum absolute atomic E-state index is 11.8. The third kappa shape index (κ3) is 4.95. The standard InChI is InChI=1S/C13H19N3O2/c1-3-4-5-7-15-13(18)11-6-8-14-12(9-11)16-10(2)17/h6,8-9H,3-5,7H2,1-2H3,(H,15,18)(H,14,16,17). The van der Waals surface area contributed by atoms with Gasteiger partial charge in [0, 0.05) is 25.2 Å². The van der Waals surface area contributed by atoms with E-state index in [1.807, 2.05) is 0 Å². The molecule has 0 spiro atoms. The molecule has 1 aromatic rings. The number of nitrogens with one attached hydrogen (secondary N) is 2. The van der Waals surface area contributed by atoms with Crippen LogP contribution in [-0.2, 0) is 4.79 Å². The zero-order valence-electron chi connectivity index (χ0n) is 10.8. The molecule has 0 aliphatic rings. The van der Waals surface area contributed by atoms with Crippen LogP contribution in [-0.4, -0.2) is 23.3 Å². The normalized spacial score (nSPS) is 9.89. The van der Waals surface area contributed by atoms with Gasteiger partial charge in [0.1, 0.15) is 5.82 Å². The Labute approximate surface area is 107 Å². The lowest BCUT2D eigenvalue weighted by molar-refractivity contribution is -0.114. The highest BCUT2D eigenvalue weighted by atomic mass is 16.2. The number of anilines is 1. The fourth-order valence-corrected chi connectivity index (χ4v) is 1.50. The van der Waals surface area contributed by atoms with Gasteiger partial charge < -0.3 is 10.6 Å². The number of amides is 2. The van der Waals surface area contributed by atoms with Crippen LogP contribution in [0.4, 0.5) is 5.82 Å². The molecular weight excluding hydrogens is 230 g/mol. The summed E-state index contributed by atoms with van der Waals surface area (Å²) in [6, 6.07) is 3.19. The van der Waals surface area contributed by atoms with Crippen molar-refractivity contribution in [2.45, 2.75) is 33.1 Å². The quantitative estimate of drug-likeness (QED) is 0.757. The first-order chi connectivity index (χ1) is 8.63. The van der Waals surface area contributed by atoms with Gasteiger partial charge in [0.15, 0.2) is 0 Å². The van der Waals surface area contributed by atoms with E-state index in [0.29, 0.717) is 17.9 Å². The molecule has 0 fully saturated rings. The fraction of sp³-hybridized carbons (Fsp3) is 0.462. The van der Waals surface area contributed by atoms with Gasteiger partial charge in [-0.15, -0.1) is 0 Å². The number of hydrogen-bond donors (Lipinski definition) is 2. The number of hydrogen-bond acceptors (Lipinski definition) is 3. The zero-order chi connectivity index (χ0) is 13.4. The predicted molar refractivity (Wildman–Crippen MR) is 70.4 cm³/mol. The average Bonchev–Trinajstić information content (AvgIpc) is 2.34. The van der Waals surface area contributed by atoms with Crippen molar-refractivity contribution >= 4 is 17.6 Å². The molecule has 98 valence electrons. The van der Waals surface area contributed by atoms with E-state index in [1.54, 1.807) is 12.1 Å². The van der Waals surface area contributed by atoms with Crippen molar-refractivity contribution in [3.63, 3.8) is 0 Å². The molecule has 0 saturated heterocycles. The molecule has 5 heteroatoms. The molecule has 0 saturated carbocycles. The van der Waals surface area contributed by atoms with Crippen molar-refractivity contribution in [1.82, 2.24) is 10.3 Å². The smallest absolute Gasteiger partial charge is 0.251 e. The monoisotopic (exact) mass is 249 g/mol. The van der Waals surface area contributed by atoms with E-state index in [-0.39, 0.29) is 11.8 Å². The van der Waals surface area contributed by atoms with Gasteiger partial charge in [-0.3, -0.25) is 9.59 Å². The van der Waals surface area contributed by atoms with Gasteiger partial charge in [-0.25, -0.2) is 4.98 Å². The van der Waals surface area contributed by atoms with Crippen LogP contribution in [0.5, 0.6) is 0 Å². The number of carbonyl (C=O) groups is 2. The molecule has 1 aromatic heterocycles. The van der Waals surface area contributed by atoms with E-state index in [1.165, 1.54) is 13.1 Å². The SMILES string of the molecule is CCCCCNC(=O)c1ccnc(NC(C)=O)c1. The third-order valence-electron chi connectivity index (χ3n) is 2.39. The van der Waals surface area contributed by atoms with Crippen molar-refractivity contribution in [2.24, 2.45) is 0 Å². The van der Waals surface area contributed by atoms with Crippen LogP contribution in [0.1, 0.15) is 43.5 Å². The minimum atomic E-state index is -0.206. The van der Waals surface area contributed by atoms with E-state index in [2.05, 4.69) is 22.5 Å². The number of rotatable bonds is 6. The Morgan fingerprint density at radius 2 is 2.11 bits per heavy atom. The number of aromatic nitrogens is 1. The molecule has 0 aromatic carbocycles. The second kappa shape index (κ2) is 7.42. The molecule has 5 nitrogen and oxygen atoms in total. The van der Waals surface area contributed by atoms with E-state index in [9.17, 15) is 9.59 Å². The van der Waals surface area contributed by atoms with Crippen LogP contribution >= 0.6 is 0 Å². The molecule has 0 unspecified atom stereocenters. The lowest BCUT2D eigenvalue weighted by Gasteiger charge is -2.06. The lowest BCUT2D eigenvalue weighted by Crippen LogP contribution is -2.24.